The Morgan fingerprint density at radius 2 is 2.08 bits per heavy atom. The molecule has 0 bridgehead atoms. The zero-order valence-corrected chi connectivity index (χ0v) is 15.0. The molecule has 1 aliphatic carbocycles. The van der Waals surface area contributed by atoms with Crippen molar-refractivity contribution in [3.63, 3.8) is 0 Å². The SMILES string of the molecule is O=C(COC(=O)Cc1csc(-c2cccs2)n1)NC1CCCCC1. The summed E-state index contributed by atoms with van der Waals surface area (Å²) in [6, 6.07) is 4.21. The highest BCUT2D eigenvalue weighted by atomic mass is 32.1. The largest absolute Gasteiger partial charge is 0.455 e. The van der Waals surface area contributed by atoms with Gasteiger partial charge in [-0.25, -0.2) is 4.98 Å². The fraction of sp³-hybridized carbons (Fsp3) is 0.471. The Hall–Kier alpha value is -1.73. The molecule has 0 aliphatic heterocycles. The Kier molecular flexibility index (Phi) is 5.98. The number of carbonyl (C=O) groups is 2. The molecule has 1 fully saturated rings. The number of amides is 1. The number of thiophene rings is 1. The van der Waals surface area contributed by atoms with E-state index in [2.05, 4.69) is 10.3 Å². The number of aromatic nitrogens is 1. The van der Waals surface area contributed by atoms with E-state index in [0.29, 0.717) is 5.69 Å². The molecule has 2 heterocycles. The summed E-state index contributed by atoms with van der Waals surface area (Å²) in [5.41, 5.74) is 0.682. The molecule has 0 aromatic carbocycles. The van der Waals surface area contributed by atoms with Crippen LogP contribution >= 0.6 is 22.7 Å². The summed E-state index contributed by atoms with van der Waals surface area (Å²) in [6.07, 6.45) is 5.68. The maximum absolute atomic E-state index is 11.9. The number of rotatable bonds is 6. The number of nitrogens with one attached hydrogen (secondary N) is 1. The molecule has 2 aromatic heterocycles. The van der Waals surface area contributed by atoms with Crippen LogP contribution in [0.1, 0.15) is 37.8 Å². The zero-order chi connectivity index (χ0) is 16.8. The lowest BCUT2D eigenvalue weighted by molar-refractivity contribution is -0.148. The van der Waals surface area contributed by atoms with E-state index in [1.54, 1.807) is 11.3 Å². The molecule has 24 heavy (non-hydrogen) atoms. The second kappa shape index (κ2) is 8.39. The zero-order valence-electron chi connectivity index (χ0n) is 13.3. The normalized spacial score (nSPS) is 15.2. The van der Waals surface area contributed by atoms with E-state index >= 15 is 0 Å². The number of thiazole rings is 1. The van der Waals surface area contributed by atoms with Gasteiger partial charge in [-0.1, -0.05) is 25.3 Å². The number of ether oxygens (including phenoxy) is 1. The van der Waals surface area contributed by atoms with Crippen LogP contribution in [-0.2, 0) is 20.7 Å². The first-order valence-corrected chi connectivity index (χ1v) is 9.90. The summed E-state index contributed by atoms with van der Waals surface area (Å²) in [5.74, 6) is -0.635. The van der Waals surface area contributed by atoms with Crippen molar-refractivity contribution in [2.24, 2.45) is 0 Å². The van der Waals surface area contributed by atoms with Gasteiger partial charge in [0.15, 0.2) is 6.61 Å². The molecule has 1 amide bonds. The third-order valence-electron chi connectivity index (χ3n) is 3.94. The van der Waals surface area contributed by atoms with Crippen molar-refractivity contribution in [1.82, 2.24) is 10.3 Å². The predicted molar refractivity (Wildman–Crippen MR) is 95.1 cm³/mol. The molecule has 2 aromatic rings. The molecule has 3 rings (SSSR count). The van der Waals surface area contributed by atoms with Crippen LogP contribution in [0, 0.1) is 0 Å². The molecule has 128 valence electrons. The Morgan fingerprint density at radius 3 is 2.83 bits per heavy atom. The number of nitrogens with zero attached hydrogens (tertiary/aromatic N) is 1. The molecular formula is C17H20N2O3S2. The first-order chi connectivity index (χ1) is 11.7. The predicted octanol–water partition coefficient (Wildman–Crippen LogP) is 3.41. The number of carbonyl (C=O) groups excluding carboxylic acids is 2. The molecule has 0 saturated heterocycles. The van der Waals surface area contributed by atoms with Gasteiger partial charge in [0.05, 0.1) is 17.0 Å². The molecular weight excluding hydrogens is 344 g/mol. The molecule has 5 nitrogen and oxygen atoms in total. The van der Waals surface area contributed by atoms with Gasteiger partial charge >= 0.3 is 5.97 Å². The third kappa shape index (κ3) is 4.88. The minimum absolute atomic E-state index is 0.0958. The molecule has 0 spiro atoms. The fourth-order valence-electron chi connectivity index (χ4n) is 2.76. The topological polar surface area (TPSA) is 68.3 Å². The van der Waals surface area contributed by atoms with Crippen LogP contribution in [0.3, 0.4) is 0 Å². The number of esters is 1. The van der Waals surface area contributed by atoms with E-state index in [9.17, 15) is 9.59 Å². The summed E-state index contributed by atoms with van der Waals surface area (Å²) in [5, 5.41) is 7.69. The van der Waals surface area contributed by atoms with Crippen LogP contribution < -0.4 is 5.32 Å². The smallest absolute Gasteiger partial charge is 0.312 e. The highest BCUT2D eigenvalue weighted by Gasteiger charge is 2.17. The maximum Gasteiger partial charge on any atom is 0.312 e. The lowest BCUT2D eigenvalue weighted by atomic mass is 9.95. The van der Waals surface area contributed by atoms with Crippen molar-refractivity contribution in [2.75, 3.05) is 6.61 Å². The Balaban J connectivity index is 1.41. The standard InChI is InChI=1S/C17H20N2O3S2/c20-15(18-12-5-2-1-3-6-12)10-22-16(21)9-13-11-24-17(19-13)14-7-4-8-23-14/h4,7-8,11-12H,1-3,5-6,9-10H2,(H,18,20). The van der Waals surface area contributed by atoms with Crippen LogP contribution in [0.25, 0.3) is 9.88 Å². The summed E-state index contributed by atoms with van der Waals surface area (Å²) >= 11 is 3.13. The highest BCUT2D eigenvalue weighted by Crippen LogP contribution is 2.27. The van der Waals surface area contributed by atoms with Crippen LogP contribution in [0.4, 0.5) is 0 Å². The number of hydrogen-bond acceptors (Lipinski definition) is 6. The van der Waals surface area contributed by atoms with Gasteiger partial charge in [-0.05, 0) is 24.3 Å². The first-order valence-electron chi connectivity index (χ1n) is 8.14. The van der Waals surface area contributed by atoms with Gasteiger partial charge < -0.3 is 10.1 Å². The molecule has 0 atom stereocenters. The van der Waals surface area contributed by atoms with Gasteiger partial charge in [0, 0.05) is 11.4 Å². The minimum atomic E-state index is -0.420. The molecule has 0 radical (unpaired) electrons. The van der Waals surface area contributed by atoms with Crippen molar-refractivity contribution < 1.29 is 14.3 Å². The quantitative estimate of drug-likeness (QED) is 0.798. The summed E-state index contributed by atoms with van der Waals surface area (Å²) < 4.78 is 5.07. The average molecular weight is 364 g/mol. The van der Waals surface area contributed by atoms with Gasteiger partial charge in [-0.15, -0.1) is 22.7 Å². The molecule has 0 unspecified atom stereocenters. The number of hydrogen-bond donors (Lipinski definition) is 1. The van der Waals surface area contributed by atoms with Crippen LogP contribution in [-0.4, -0.2) is 29.5 Å². The monoisotopic (exact) mass is 364 g/mol. The summed E-state index contributed by atoms with van der Waals surface area (Å²) in [4.78, 5) is 29.2. The van der Waals surface area contributed by atoms with Crippen molar-refractivity contribution >= 4 is 34.6 Å². The van der Waals surface area contributed by atoms with Gasteiger partial charge in [-0.2, -0.15) is 0 Å². The first kappa shape index (κ1) is 17.1. The molecule has 7 heteroatoms. The van der Waals surface area contributed by atoms with E-state index in [1.165, 1.54) is 17.8 Å². The lowest BCUT2D eigenvalue weighted by Gasteiger charge is -2.22. The van der Waals surface area contributed by atoms with Crippen molar-refractivity contribution in [1.29, 1.82) is 0 Å². The van der Waals surface area contributed by atoms with Crippen LogP contribution in [0.15, 0.2) is 22.9 Å². The highest BCUT2D eigenvalue weighted by molar-refractivity contribution is 7.20. The van der Waals surface area contributed by atoms with Crippen molar-refractivity contribution in [2.45, 2.75) is 44.6 Å². The Morgan fingerprint density at radius 1 is 1.25 bits per heavy atom. The van der Waals surface area contributed by atoms with Crippen molar-refractivity contribution in [3.8, 4) is 9.88 Å². The van der Waals surface area contributed by atoms with E-state index in [1.807, 2.05) is 22.9 Å². The second-order valence-corrected chi connectivity index (χ2v) is 7.67. The Bertz CT molecular complexity index is 676. The summed E-state index contributed by atoms with van der Waals surface area (Å²) in [6.45, 7) is -0.211. The molecule has 1 aliphatic rings. The van der Waals surface area contributed by atoms with Gasteiger partial charge in [0.2, 0.25) is 0 Å². The van der Waals surface area contributed by atoms with Crippen LogP contribution in [0.5, 0.6) is 0 Å². The maximum atomic E-state index is 11.9. The second-order valence-electron chi connectivity index (χ2n) is 5.86. The van der Waals surface area contributed by atoms with E-state index < -0.39 is 5.97 Å². The van der Waals surface area contributed by atoms with E-state index in [4.69, 9.17) is 4.74 Å². The van der Waals surface area contributed by atoms with E-state index in [-0.39, 0.29) is 25.0 Å². The van der Waals surface area contributed by atoms with E-state index in [0.717, 1.165) is 35.6 Å². The summed E-state index contributed by atoms with van der Waals surface area (Å²) in [7, 11) is 0. The van der Waals surface area contributed by atoms with Crippen molar-refractivity contribution in [3.05, 3.63) is 28.6 Å². The average Bonchev–Trinajstić information content (AvgIpc) is 3.25. The third-order valence-corrected chi connectivity index (χ3v) is 5.87. The lowest BCUT2D eigenvalue weighted by Crippen LogP contribution is -2.38. The molecule has 1 N–H and O–H groups in total. The minimum Gasteiger partial charge on any atom is -0.455 e. The fourth-order valence-corrected chi connectivity index (χ4v) is 4.40. The van der Waals surface area contributed by atoms with Gasteiger partial charge in [0.25, 0.3) is 5.91 Å². The Labute approximate surface area is 149 Å². The molecule has 1 saturated carbocycles. The van der Waals surface area contributed by atoms with Gasteiger partial charge in [0.1, 0.15) is 5.01 Å². The van der Waals surface area contributed by atoms with Gasteiger partial charge in [-0.3, -0.25) is 9.59 Å². The van der Waals surface area contributed by atoms with Crippen LogP contribution in [0.2, 0.25) is 0 Å².